The Hall–Kier alpha value is -1.86. The van der Waals surface area contributed by atoms with Crippen molar-refractivity contribution in [1.82, 2.24) is 4.98 Å². The zero-order valence-electron chi connectivity index (χ0n) is 9.47. The van der Waals surface area contributed by atoms with E-state index < -0.39 is 15.8 Å². The number of sulfonamides is 1. The third kappa shape index (κ3) is 3.12. The zero-order chi connectivity index (χ0) is 14.0. The number of hydrogen-bond donors (Lipinski definition) is 2. The Bertz CT molecular complexity index is 722. The molecule has 8 heteroatoms. The van der Waals surface area contributed by atoms with Crippen molar-refractivity contribution in [3.05, 3.63) is 47.4 Å². The Labute approximate surface area is 114 Å². The molecule has 0 atom stereocenters. The van der Waals surface area contributed by atoms with Gasteiger partial charge in [0.15, 0.2) is 0 Å². The number of nitrogens with one attached hydrogen (secondary N) is 1. The Morgan fingerprint density at radius 1 is 1.32 bits per heavy atom. The van der Waals surface area contributed by atoms with Crippen LogP contribution in [0.4, 0.5) is 15.9 Å². The lowest BCUT2D eigenvalue weighted by molar-refractivity contribution is 0.600. The van der Waals surface area contributed by atoms with Crippen molar-refractivity contribution in [2.24, 2.45) is 0 Å². The Morgan fingerprint density at radius 2 is 2.05 bits per heavy atom. The average Bonchev–Trinajstić information content (AvgIpc) is 2.32. The molecule has 0 saturated carbocycles. The standard InChI is InChI=1S/C11H9ClFN3O2S/c12-10-5-9(6-15-11(10)14)19(17,18)16-8-3-1-2-7(13)4-8/h1-6,16H,(H2,14,15). The predicted molar refractivity (Wildman–Crippen MR) is 70.9 cm³/mol. The van der Waals surface area contributed by atoms with Crippen molar-refractivity contribution in [1.29, 1.82) is 0 Å². The lowest BCUT2D eigenvalue weighted by Crippen LogP contribution is -2.13. The molecule has 3 N–H and O–H groups in total. The van der Waals surface area contributed by atoms with Gasteiger partial charge >= 0.3 is 0 Å². The molecule has 0 spiro atoms. The highest BCUT2D eigenvalue weighted by Crippen LogP contribution is 2.22. The topological polar surface area (TPSA) is 85.1 Å². The summed E-state index contributed by atoms with van der Waals surface area (Å²) in [5, 5.41) is 0.0297. The second kappa shape index (κ2) is 5.02. The molecule has 2 rings (SSSR count). The Morgan fingerprint density at radius 3 is 2.68 bits per heavy atom. The summed E-state index contributed by atoms with van der Waals surface area (Å²) in [7, 11) is -3.89. The first-order valence-electron chi connectivity index (χ1n) is 5.08. The minimum Gasteiger partial charge on any atom is -0.382 e. The van der Waals surface area contributed by atoms with Crippen LogP contribution in [0.3, 0.4) is 0 Å². The molecule has 1 aromatic carbocycles. The van der Waals surface area contributed by atoms with Crippen molar-refractivity contribution in [3.8, 4) is 0 Å². The molecule has 0 aliphatic carbocycles. The first-order chi connectivity index (χ1) is 8.88. The van der Waals surface area contributed by atoms with Crippen molar-refractivity contribution >= 4 is 33.1 Å². The van der Waals surface area contributed by atoms with Crippen molar-refractivity contribution in [2.75, 3.05) is 10.5 Å². The van der Waals surface area contributed by atoms with Crippen LogP contribution in [0, 0.1) is 5.82 Å². The SMILES string of the molecule is Nc1ncc(S(=O)(=O)Nc2cccc(F)c2)cc1Cl. The van der Waals surface area contributed by atoms with E-state index in [4.69, 9.17) is 17.3 Å². The highest BCUT2D eigenvalue weighted by atomic mass is 35.5. The molecule has 1 aromatic heterocycles. The highest BCUT2D eigenvalue weighted by molar-refractivity contribution is 7.92. The van der Waals surface area contributed by atoms with Gasteiger partial charge in [0.05, 0.1) is 10.7 Å². The minimum absolute atomic E-state index is 0.0297. The van der Waals surface area contributed by atoms with Crippen LogP contribution in [0.2, 0.25) is 5.02 Å². The van der Waals surface area contributed by atoms with Gasteiger partial charge in [-0.3, -0.25) is 4.72 Å². The number of halogens is 2. The van der Waals surface area contributed by atoms with Crippen LogP contribution in [0.15, 0.2) is 41.4 Å². The Kier molecular flexibility index (Phi) is 3.59. The van der Waals surface area contributed by atoms with Crippen LogP contribution in [0.1, 0.15) is 0 Å². The van der Waals surface area contributed by atoms with E-state index in [1.165, 1.54) is 24.3 Å². The number of nitrogen functional groups attached to an aromatic ring is 1. The van der Waals surface area contributed by atoms with Gasteiger partial charge < -0.3 is 5.73 Å². The van der Waals surface area contributed by atoms with Crippen LogP contribution in [0.5, 0.6) is 0 Å². The predicted octanol–water partition coefficient (Wildman–Crippen LogP) is 2.26. The van der Waals surface area contributed by atoms with E-state index in [0.717, 1.165) is 12.3 Å². The molecule has 0 bridgehead atoms. The maximum atomic E-state index is 13.0. The lowest BCUT2D eigenvalue weighted by Gasteiger charge is -2.08. The number of rotatable bonds is 3. The van der Waals surface area contributed by atoms with Crippen molar-refractivity contribution in [3.63, 3.8) is 0 Å². The van der Waals surface area contributed by atoms with Gasteiger partial charge in [-0.15, -0.1) is 0 Å². The summed E-state index contributed by atoms with van der Waals surface area (Å²) in [6.45, 7) is 0. The van der Waals surface area contributed by atoms with Crippen LogP contribution >= 0.6 is 11.6 Å². The van der Waals surface area contributed by atoms with Crippen LogP contribution in [-0.4, -0.2) is 13.4 Å². The molecule has 0 unspecified atom stereocenters. The normalized spacial score (nSPS) is 11.3. The van der Waals surface area contributed by atoms with Crippen LogP contribution < -0.4 is 10.5 Å². The van der Waals surface area contributed by atoms with Gasteiger partial charge in [0.25, 0.3) is 10.0 Å². The van der Waals surface area contributed by atoms with E-state index in [2.05, 4.69) is 9.71 Å². The highest BCUT2D eigenvalue weighted by Gasteiger charge is 2.16. The van der Waals surface area contributed by atoms with Crippen LogP contribution in [-0.2, 0) is 10.0 Å². The van der Waals surface area contributed by atoms with E-state index in [9.17, 15) is 12.8 Å². The summed E-state index contributed by atoms with van der Waals surface area (Å²) >= 11 is 5.71. The molecule has 0 fully saturated rings. The summed E-state index contributed by atoms with van der Waals surface area (Å²) in [5.41, 5.74) is 5.50. The maximum absolute atomic E-state index is 13.0. The summed E-state index contributed by atoms with van der Waals surface area (Å²) in [4.78, 5) is 3.50. The van der Waals surface area contributed by atoms with Gasteiger partial charge in [-0.1, -0.05) is 17.7 Å². The third-order valence-electron chi connectivity index (χ3n) is 2.23. The van der Waals surface area contributed by atoms with Gasteiger partial charge in [0, 0.05) is 6.20 Å². The van der Waals surface area contributed by atoms with E-state index in [1.807, 2.05) is 0 Å². The number of anilines is 2. The maximum Gasteiger partial charge on any atom is 0.263 e. The summed E-state index contributed by atoms with van der Waals surface area (Å²) in [6, 6.07) is 6.25. The molecular formula is C11H9ClFN3O2S. The molecule has 1 heterocycles. The Balaban J connectivity index is 2.35. The number of nitrogens with two attached hydrogens (primary N) is 1. The molecule has 5 nitrogen and oxygen atoms in total. The summed E-state index contributed by atoms with van der Waals surface area (Å²) < 4.78 is 39.2. The molecule has 2 aromatic rings. The lowest BCUT2D eigenvalue weighted by atomic mass is 10.3. The summed E-state index contributed by atoms with van der Waals surface area (Å²) in [5.74, 6) is -0.514. The second-order valence-corrected chi connectivity index (χ2v) is 5.74. The molecule has 100 valence electrons. The van der Waals surface area contributed by atoms with Crippen molar-refractivity contribution in [2.45, 2.75) is 4.90 Å². The number of pyridine rings is 1. The number of benzene rings is 1. The van der Waals surface area contributed by atoms with E-state index in [0.29, 0.717) is 0 Å². The van der Waals surface area contributed by atoms with Gasteiger partial charge in [0.1, 0.15) is 16.5 Å². The van der Waals surface area contributed by atoms with E-state index in [-0.39, 0.29) is 21.4 Å². The molecule has 0 aliphatic heterocycles. The summed E-state index contributed by atoms with van der Waals surface area (Å²) in [6.07, 6.45) is 1.07. The molecule has 0 aliphatic rings. The molecule has 0 amide bonds. The minimum atomic E-state index is -3.89. The quantitative estimate of drug-likeness (QED) is 0.910. The van der Waals surface area contributed by atoms with Gasteiger partial charge in [-0.25, -0.2) is 17.8 Å². The smallest absolute Gasteiger partial charge is 0.263 e. The van der Waals surface area contributed by atoms with Gasteiger partial charge in [-0.05, 0) is 24.3 Å². The monoisotopic (exact) mass is 301 g/mol. The first kappa shape index (κ1) is 13.6. The van der Waals surface area contributed by atoms with Gasteiger partial charge in [-0.2, -0.15) is 0 Å². The zero-order valence-corrected chi connectivity index (χ0v) is 11.0. The molecule has 0 saturated heterocycles. The van der Waals surface area contributed by atoms with Crippen LogP contribution in [0.25, 0.3) is 0 Å². The average molecular weight is 302 g/mol. The number of nitrogens with zero attached hydrogens (tertiary/aromatic N) is 1. The van der Waals surface area contributed by atoms with E-state index in [1.54, 1.807) is 0 Å². The molecular weight excluding hydrogens is 293 g/mol. The molecule has 0 radical (unpaired) electrons. The number of hydrogen-bond acceptors (Lipinski definition) is 4. The fourth-order valence-corrected chi connectivity index (χ4v) is 2.59. The largest absolute Gasteiger partial charge is 0.382 e. The van der Waals surface area contributed by atoms with E-state index >= 15 is 0 Å². The van der Waals surface area contributed by atoms with Gasteiger partial charge in [0.2, 0.25) is 0 Å². The number of aromatic nitrogens is 1. The second-order valence-electron chi connectivity index (χ2n) is 3.65. The fourth-order valence-electron chi connectivity index (χ4n) is 1.34. The van der Waals surface area contributed by atoms with Crippen molar-refractivity contribution < 1.29 is 12.8 Å². The first-order valence-corrected chi connectivity index (χ1v) is 6.94. The third-order valence-corrected chi connectivity index (χ3v) is 3.88. The fraction of sp³-hybridized carbons (Fsp3) is 0. The molecule has 19 heavy (non-hydrogen) atoms.